The molecule has 0 saturated heterocycles. The van der Waals surface area contributed by atoms with E-state index in [0.717, 1.165) is 28.2 Å². The van der Waals surface area contributed by atoms with Crippen molar-refractivity contribution in [3.8, 4) is 5.88 Å². The second-order valence-electron chi connectivity index (χ2n) is 3.89. The summed E-state index contributed by atoms with van der Waals surface area (Å²) in [6.07, 6.45) is 3.30. The van der Waals surface area contributed by atoms with Crippen LogP contribution in [0.4, 0.5) is 0 Å². The Morgan fingerprint density at radius 1 is 1.26 bits per heavy atom. The number of aromatic nitrogens is 1. The number of aromatic amines is 1. The molecule has 3 rings (SSSR count). The van der Waals surface area contributed by atoms with Crippen molar-refractivity contribution in [3.63, 3.8) is 0 Å². The fraction of sp³-hybridized carbons (Fsp3) is 0. The van der Waals surface area contributed by atoms with Crippen molar-refractivity contribution >= 4 is 29.3 Å². The van der Waals surface area contributed by atoms with Gasteiger partial charge in [-0.05, 0) is 6.08 Å². The topological polar surface area (TPSA) is 77.8 Å². The number of benzene rings is 1. The summed E-state index contributed by atoms with van der Waals surface area (Å²) >= 11 is 0.944. The van der Waals surface area contributed by atoms with Crippen molar-refractivity contribution in [1.29, 1.82) is 0 Å². The first-order valence-corrected chi connectivity index (χ1v) is 6.36. The van der Waals surface area contributed by atoms with Gasteiger partial charge in [0.25, 0.3) is 0 Å². The third-order valence-corrected chi connectivity index (χ3v) is 3.44. The maximum Gasteiger partial charge on any atom is 0.307 e. The number of rotatable bonds is 2. The van der Waals surface area contributed by atoms with Crippen LogP contribution in [0.2, 0.25) is 0 Å². The number of aromatic hydroxyl groups is 1. The highest BCUT2D eigenvalue weighted by molar-refractivity contribution is 7.10. The highest BCUT2D eigenvalue weighted by Crippen LogP contribution is 2.22. The highest BCUT2D eigenvalue weighted by atomic mass is 32.1. The molecule has 0 fully saturated rings. The molecule has 0 aliphatic carbocycles. The Bertz CT molecular complexity index is 754. The van der Waals surface area contributed by atoms with Crippen LogP contribution in [0, 0.1) is 0 Å². The molecule has 0 amide bonds. The van der Waals surface area contributed by atoms with Gasteiger partial charge >= 0.3 is 4.87 Å². The minimum atomic E-state index is -0.294. The standard InChI is InChI=1S/C13H9N3O2S/c17-12-10(19-13(18)15-12)6-9-7-14-16-11(9)8-4-2-1-3-5-8/h1-7,17H,(H,15,18)/b9-6+. The first kappa shape index (κ1) is 11.6. The molecule has 2 N–H and O–H groups in total. The fourth-order valence-corrected chi connectivity index (χ4v) is 2.45. The summed E-state index contributed by atoms with van der Waals surface area (Å²) in [5.74, 6) is -0.129. The van der Waals surface area contributed by atoms with E-state index in [2.05, 4.69) is 15.2 Å². The summed E-state index contributed by atoms with van der Waals surface area (Å²) in [5, 5.41) is 17.5. The van der Waals surface area contributed by atoms with Gasteiger partial charge in [-0.15, -0.1) is 5.10 Å². The average molecular weight is 271 g/mol. The van der Waals surface area contributed by atoms with Gasteiger partial charge in [0.1, 0.15) is 5.71 Å². The van der Waals surface area contributed by atoms with E-state index in [1.807, 2.05) is 30.3 Å². The predicted octanol–water partition coefficient (Wildman–Crippen LogP) is 2.01. The van der Waals surface area contributed by atoms with Crippen LogP contribution in [-0.4, -0.2) is 22.0 Å². The molecule has 2 aromatic rings. The van der Waals surface area contributed by atoms with Gasteiger partial charge in [0.15, 0.2) is 0 Å². The van der Waals surface area contributed by atoms with Gasteiger partial charge in [-0.3, -0.25) is 9.78 Å². The van der Waals surface area contributed by atoms with E-state index in [1.165, 1.54) is 0 Å². The first-order chi connectivity index (χ1) is 9.24. The predicted molar refractivity (Wildman–Crippen MR) is 76.1 cm³/mol. The van der Waals surface area contributed by atoms with Crippen LogP contribution in [0.5, 0.6) is 5.88 Å². The van der Waals surface area contributed by atoms with E-state index in [4.69, 9.17) is 0 Å². The van der Waals surface area contributed by atoms with Crippen molar-refractivity contribution in [1.82, 2.24) is 4.98 Å². The first-order valence-electron chi connectivity index (χ1n) is 5.54. The van der Waals surface area contributed by atoms with E-state index in [0.29, 0.717) is 4.88 Å². The summed E-state index contributed by atoms with van der Waals surface area (Å²) in [6.45, 7) is 0. The number of nitrogens with one attached hydrogen (secondary N) is 1. The van der Waals surface area contributed by atoms with Gasteiger partial charge in [-0.1, -0.05) is 41.7 Å². The molecule has 1 aromatic carbocycles. The Kier molecular flexibility index (Phi) is 2.85. The number of nitrogens with zero attached hydrogens (tertiary/aromatic N) is 2. The lowest BCUT2D eigenvalue weighted by atomic mass is 10.0. The van der Waals surface area contributed by atoms with Gasteiger partial charge in [0.2, 0.25) is 5.88 Å². The molecule has 5 nitrogen and oxygen atoms in total. The third-order valence-electron chi connectivity index (χ3n) is 2.62. The molecule has 0 unspecified atom stereocenters. The van der Waals surface area contributed by atoms with Crippen molar-refractivity contribution < 1.29 is 5.11 Å². The Hall–Kier alpha value is -2.47. The Balaban J connectivity index is 2.02. The van der Waals surface area contributed by atoms with Gasteiger partial charge in [0, 0.05) is 11.1 Å². The molecule has 2 heterocycles. The molecule has 0 radical (unpaired) electrons. The molecular formula is C13H9N3O2S. The zero-order valence-electron chi connectivity index (χ0n) is 9.70. The zero-order valence-corrected chi connectivity index (χ0v) is 10.5. The van der Waals surface area contributed by atoms with Crippen molar-refractivity contribution in [3.05, 3.63) is 56.0 Å². The lowest BCUT2D eigenvalue weighted by Gasteiger charge is -2.01. The molecule has 0 saturated carbocycles. The number of hydrogen-bond donors (Lipinski definition) is 2. The van der Waals surface area contributed by atoms with Crippen LogP contribution in [0.15, 0.2) is 50.9 Å². The zero-order chi connectivity index (χ0) is 13.2. The van der Waals surface area contributed by atoms with Crippen LogP contribution in [0.3, 0.4) is 0 Å². The molecular weight excluding hydrogens is 262 g/mol. The van der Waals surface area contributed by atoms with Gasteiger partial charge in [-0.2, -0.15) is 5.10 Å². The Morgan fingerprint density at radius 2 is 2.05 bits per heavy atom. The van der Waals surface area contributed by atoms with E-state index in [-0.39, 0.29) is 10.8 Å². The van der Waals surface area contributed by atoms with Crippen LogP contribution < -0.4 is 4.87 Å². The molecule has 19 heavy (non-hydrogen) atoms. The second-order valence-corrected chi connectivity index (χ2v) is 4.90. The summed E-state index contributed by atoms with van der Waals surface area (Å²) in [7, 11) is 0. The molecule has 0 spiro atoms. The van der Waals surface area contributed by atoms with E-state index < -0.39 is 0 Å². The van der Waals surface area contributed by atoms with Crippen LogP contribution >= 0.6 is 11.3 Å². The Labute approximate surface area is 112 Å². The normalized spacial score (nSPS) is 16.0. The molecule has 0 bridgehead atoms. The number of hydrogen-bond acceptors (Lipinski definition) is 5. The van der Waals surface area contributed by atoms with Gasteiger partial charge in [0.05, 0.1) is 11.1 Å². The largest absolute Gasteiger partial charge is 0.493 e. The van der Waals surface area contributed by atoms with Crippen LogP contribution in [0.1, 0.15) is 10.4 Å². The highest BCUT2D eigenvalue weighted by Gasteiger charge is 2.14. The van der Waals surface area contributed by atoms with Crippen LogP contribution in [-0.2, 0) is 0 Å². The minimum Gasteiger partial charge on any atom is -0.493 e. The summed E-state index contributed by atoms with van der Waals surface area (Å²) in [4.78, 5) is 13.6. The maximum absolute atomic E-state index is 11.1. The third kappa shape index (κ3) is 2.25. The molecule has 0 atom stereocenters. The van der Waals surface area contributed by atoms with Crippen molar-refractivity contribution in [2.24, 2.45) is 10.2 Å². The monoisotopic (exact) mass is 271 g/mol. The summed E-state index contributed by atoms with van der Waals surface area (Å²) in [6, 6.07) is 9.62. The lowest BCUT2D eigenvalue weighted by Crippen LogP contribution is -2.01. The molecule has 1 aliphatic heterocycles. The Morgan fingerprint density at radius 3 is 2.74 bits per heavy atom. The second kappa shape index (κ2) is 4.66. The number of allylic oxidation sites excluding steroid dienone is 1. The van der Waals surface area contributed by atoms with E-state index in [9.17, 15) is 9.90 Å². The van der Waals surface area contributed by atoms with Crippen molar-refractivity contribution in [2.75, 3.05) is 0 Å². The lowest BCUT2D eigenvalue weighted by molar-refractivity contribution is 0.455. The molecule has 1 aliphatic rings. The fourth-order valence-electron chi connectivity index (χ4n) is 1.76. The van der Waals surface area contributed by atoms with Gasteiger partial charge < -0.3 is 5.11 Å². The minimum absolute atomic E-state index is 0.129. The molecule has 6 heteroatoms. The summed E-state index contributed by atoms with van der Waals surface area (Å²) < 4.78 is 0. The molecule has 1 aromatic heterocycles. The quantitative estimate of drug-likeness (QED) is 0.876. The van der Waals surface area contributed by atoms with Crippen molar-refractivity contribution in [2.45, 2.75) is 0 Å². The van der Waals surface area contributed by atoms with E-state index >= 15 is 0 Å². The maximum atomic E-state index is 11.1. The van der Waals surface area contributed by atoms with Crippen LogP contribution in [0.25, 0.3) is 6.08 Å². The molecule has 94 valence electrons. The SMILES string of the molecule is O=c1[nH]c(O)c(/C=C2\C=NN=C2c2ccccc2)s1. The van der Waals surface area contributed by atoms with Gasteiger partial charge in [-0.25, -0.2) is 0 Å². The number of thiazole rings is 1. The van der Waals surface area contributed by atoms with E-state index in [1.54, 1.807) is 12.3 Å². The smallest absolute Gasteiger partial charge is 0.307 e. The summed E-state index contributed by atoms with van der Waals surface area (Å²) in [5.41, 5.74) is 2.42. The average Bonchev–Trinajstić information content (AvgIpc) is 2.98. The number of H-pyrrole nitrogens is 1.